The van der Waals surface area contributed by atoms with Gasteiger partial charge in [-0.05, 0) is 23.8 Å². The number of H-pyrrole nitrogens is 1. The lowest BCUT2D eigenvalue weighted by Crippen LogP contribution is -2.09. The number of rotatable bonds is 2. The predicted molar refractivity (Wildman–Crippen MR) is 73.4 cm³/mol. The van der Waals surface area contributed by atoms with Crippen LogP contribution in [0.5, 0.6) is 0 Å². The van der Waals surface area contributed by atoms with E-state index < -0.39 is 23.0 Å². The summed E-state index contributed by atoms with van der Waals surface area (Å²) in [4.78, 5) is 15.3. The van der Waals surface area contributed by atoms with Crippen LogP contribution in [0, 0.1) is 17.5 Å². The number of benzene rings is 1. The van der Waals surface area contributed by atoms with E-state index in [9.17, 15) is 18.0 Å². The van der Waals surface area contributed by atoms with Crippen molar-refractivity contribution in [2.45, 2.75) is 0 Å². The fourth-order valence-electron chi connectivity index (χ4n) is 2.06. The molecule has 22 heavy (non-hydrogen) atoms. The van der Waals surface area contributed by atoms with Crippen LogP contribution in [-0.2, 0) is 0 Å². The molecule has 2 heterocycles. The highest BCUT2D eigenvalue weighted by Crippen LogP contribution is 2.28. The molecule has 0 fully saturated rings. The minimum Gasteiger partial charge on any atom is -0.267 e. The van der Waals surface area contributed by atoms with Crippen molar-refractivity contribution in [2.24, 2.45) is 0 Å². The van der Waals surface area contributed by atoms with E-state index in [2.05, 4.69) is 15.2 Å². The summed E-state index contributed by atoms with van der Waals surface area (Å²) < 4.78 is 40.6. The van der Waals surface area contributed by atoms with Gasteiger partial charge in [0.25, 0.3) is 5.56 Å². The second-order valence-corrected chi connectivity index (χ2v) is 4.48. The van der Waals surface area contributed by atoms with Crippen LogP contribution in [0.15, 0.2) is 47.5 Å². The van der Waals surface area contributed by atoms with Crippen LogP contribution in [0.3, 0.4) is 0 Å². The Kier molecular flexibility index (Phi) is 3.46. The Morgan fingerprint density at radius 2 is 1.77 bits per heavy atom. The first-order chi connectivity index (χ1) is 10.6. The molecule has 110 valence electrons. The Morgan fingerprint density at radius 1 is 0.955 bits per heavy atom. The average molecular weight is 303 g/mol. The highest BCUT2D eigenvalue weighted by atomic mass is 19.1. The Bertz CT molecular complexity index is 909. The Labute approximate surface area is 122 Å². The van der Waals surface area contributed by atoms with Crippen LogP contribution in [0.4, 0.5) is 13.2 Å². The van der Waals surface area contributed by atoms with Gasteiger partial charge >= 0.3 is 0 Å². The van der Waals surface area contributed by atoms with Crippen LogP contribution in [-0.4, -0.2) is 15.2 Å². The molecule has 4 nitrogen and oxygen atoms in total. The normalized spacial score (nSPS) is 10.7. The largest absolute Gasteiger partial charge is 0.272 e. The lowest BCUT2D eigenvalue weighted by Gasteiger charge is -2.07. The van der Waals surface area contributed by atoms with Crippen molar-refractivity contribution >= 4 is 0 Å². The van der Waals surface area contributed by atoms with Crippen LogP contribution >= 0.6 is 0 Å². The average Bonchev–Trinajstić information content (AvgIpc) is 2.49. The van der Waals surface area contributed by atoms with Gasteiger partial charge in [-0.15, -0.1) is 0 Å². The highest BCUT2D eigenvalue weighted by molar-refractivity contribution is 5.71. The third-order valence-electron chi connectivity index (χ3n) is 3.07. The molecule has 2 aromatic heterocycles. The monoisotopic (exact) mass is 303 g/mol. The van der Waals surface area contributed by atoms with Gasteiger partial charge in [0, 0.05) is 17.8 Å². The third kappa shape index (κ3) is 2.48. The van der Waals surface area contributed by atoms with Crippen molar-refractivity contribution in [3.05, 3.63) is 70.5 Å². The molecule has 0 amide bonds. The molecule has 0 spiro atoms. The number of hydrogen-bond donors (Lipinski definition) is 1. The summed E-state index contributed by atoms with van der Waals surface area (Å²) in [6.45, 7) is 0. The second kappa shape index (κ2) is 5.44. The molecule has 3 aromatic rings. The first kappa shape index (κ1) is 14.0. The van der Waals surface area contributed by atoms with E-state index in [0.717, 1.165) is 12.3 Å². The van der Waals surface area contributed by atoms with Gasteiger partial charge in [-0.3, -0.25) is 9.78 Å². The van der Waals surface area contributed by atoms with E-state index in [1.807, 2.05) is 0 Å². The van der Waals surface area contributed by atoms with E-state index in [1.165, 1.54) is 24.4 Å². The maximum Gasteiger partial charge on any atom is 0.272 e. The first-order valence-electron chi connectivity index (χ1n) is 6.21. The third-order valence-corrected chi connectivity index (χ3v) is 3.07. The van der Waals surface area contributed by atoms with Crippen LogP contribution < -0.4 is 5.56 Å². The van der Waals surface area contributed by atoms with E-state index in [1.54, 1.807) is 0 Å². The second-order valence-electron chi connectivity index (χ2n) is 4.48. The maximum absolute atomic E-state index is 14.0. The number of hydrogen-bond acceptors (Lipinski definition) is 3. The van der Waals surface area contributed by atoms with Crippen molar-refractivity contribution < 1.29 is 13.2 Å². The molecule has 1 N–H and O–H groups in total. The van der Waals surface area contributed by atoms with E-state index >= 15 is 0 Å². The molecule has 7 heteroatoms. The fourth-order valence-corrected chi connectivity index (χ4v) is 2.06. The van der Waals surface area contributed by atoms with Crippen molar-refractivity contribution in [3.63, 3.8) is 0 Å². The molecule has 0 bridgehead atoms. The summed E-state index contributed by atoms with van der Waals surface area (Å²) >= 11 is 0. The van der Waals surface area contributed by atoms with Crippen LogP contribution in [0.2, 0.25) is 0 Å². The number of halogens is 3. The zero-order chi connectivity index (χ0) is 15.7. The zero-order valence-corrected chi connectivity index (χ0v) is 11.0. The van der Waals surface area contributed by atoms with Gasteiger partial charge in [0.05, 0.1) is 11.8 Å². The maximum atomic E-state index is 14.0. The van der Waals surface area contributed by atoms with Crippen molar-refractivity contribution in [2.75, 3.05) is 0 Å². The van der Waals surface area contributed by atoms with Gasteiger partial charge in [0.1, 0.15) is 17.3 Å². The number of aromatic amines is 1. The van der Waals surface area contributed by atoms with Gasteiger partial charge in [-0.25, -0.2) is 18.3 Å². The molecule has 0 radical (unpaired) electrons. The van der Waals surface area contributed by atoms with Gasteiger partial charge < -0.3 is 0 Å². The molecular weight excluding hydrogens is 295 g/mol. The minimum atomic E-state index is -0.986. The fraction of sp³-hybridized carbons (Fsp3) is 0. The van der Waals surface area contributed by atoms with E-state index in [-0.39, 0.29) is 16.8 Å². The van der Waals surface area contributed by atoms with Crippen molar-refractivity contribution in [1.29, 1.82) is 0 Å². The zero-order valence-electron chi connectivity index (χ0n) is 11.0. The molecule has 1 aromatic carbocycles. The number of nitrogens with zero attached hydrogens (tertiary/aromatic N) is 2. The number of aromatic nitrogens is 3. The van der Waals surface area contributed by atoms with E-state index in [4.69, 9.17) is 0 Å². The molecular formula is C15H8F3N3O. The van der Waals surface area contributed by atoms with Crippen molar-refractivity contribution in [1.82, 2.24) is 15.2 Å². The molecule has 0 aliphatic rings. The van der Waals surface area contributed by atoms with Gasteiger partial charge in [0.2, 0.25) is 0 Å². The molecule has 0 saturated carbocycles. The van der Waals surface area contributed by atoms with Crippen LogP contribution in [0.1, 0.15) is 0 Å². The standard InChI is InChI=1S/C15H8F3N3O/c16-9-6-13(18)14(19-7-9)11-5-8(1-2-12(11)17)10-3-4-20-21-15(10)22/h1-7H,(H,21,22). The molecule has 0 unspecified atom stereocenters. The van der Waals surface area contributed by atoms with Gasteiger partial charge in [-0.1, -0.05) is 6.07 Å². The molecule has 3 rings (SSSR count). The quantitative estimate of drug-likeness (QED) is 0.792. The lowest BCUT2D eigenvalue weighted by molar-refractivity contribution is 0.573. The molecule has 0 aliphatic carbocycles. The first-order valence-corrected chi connectivity index (χ1v) is 6.21. The predicted octanol–water partition coefficient (Wildman–Crippen LogP) is 2.92. The smallest absolute Gasteiger partial charge is 0.267 e. The Morgan fingerprint density at radius 3 is 2.50 bits per heavy atom. The topological polar surface area (TPSA) is 58.6 Å². The number of nitrogens with one attached hydrogen (secondary N) is 1. The van der Waals surface area contributed by atoms with Gasteiger partial charge in [-0.2, -0.15) is 5.10 Å². The lowest BCUT2D eigenvalue weighted by atomic mass is 10.0. The molecule has 0 saturated heterocycles. The SMILES string of the molecule is O=c1[nH]nccc1-c1ccc(F)c(-c2ncc(F)cc2F)c1. The molecule has 0 atom stereocenters. The Balaban J connectivity index is 2.19. The summed E-state index contributed by atoms with van der Waals surface area (Å²) in [6.07, 6.45) is 2.17. The minimum absolute atomic E-state index is 0.161. The van der Waals surface area contributed by atoms with Crippen molar-refractivity contribution in [3.8, 4) is 22.4 Å². The summed E-state index contributed by atoms with van der Waals surface area (Å²) in [6, 6.07) is 5.82. The number of pyridine rings is 1. The van der Waals surface area contributed by atoms with E-state index in [0.29, 0.717) is 11.6 Å². The summed E-state index contributed by atoms with van der Waals surface area (Å²) in [5.41, 5.74) is -0.339. The molecule has 0 aliphatic heterocycles. The summed E-state index contributed by atoms with van der Waals surface area (Å²) in [5, 5.41) is 5.82. The Hall–Kier alpha value is -2.96. The van der Waals surface area contributed by atoms with Crippen LogP contribution in [0.25, 0.3) is 22.4 Å². The highest BCUT2D eigenvalue weighted by Gasteiger charge is 2.15. The summed E-state index contributed by atoms with van der Waals surface area (Å²) in [5.74, 6) is -2.57. The summed E-state index contributed by atoms with van der Waals surface area (Å²) in [7, 11) is 0. The van der Waals surface area contributed by atoms with Gasteiger partial charge in [0.15, 0.2) is 5.82 Å².